The van der Waals surface area contributed by atoms with Crippen LogP contribution in [0.4, 0.5) is 0 Å². The number of piperazine rings is 2. The Hall–Kier alpha value is -2.39. The normalized spacial score (nSPS) is 22.8. The summed E-state index contributed by atoms with van der Waals surface area (Å²) in [6.45, 7) is 13.7. The summed E-state index contributed by atoms with van der Waals surface area (Å²) in [6.07, 6.45) is 17.4. The summed E-state index contributed by atoms with van der Waals surface area (Å²) in [6, 6.07) is 18.3. The molecule has 1 amide bonds. The maximum Gasteiger partial charge on any atom is 0.376 e. The van der Waals surface area contributed by atoms with Crippen molar-refractivity contribution >= 4 is 68.0 Å². The molecule has 14 heteroatoms. The Balaban J connectivity index is 0.000000192. The van der Waals surface area contributed by atoms with Crippen LogP contribution in [-0.4, -0.2) is 112 Å². The molecule has 3 saturated heterocycles. The largest absolute Gasteiger partial charge is 0.437 e. The Bertz CT molecular complexity index is 2170. The fourth-order valence-corrected chi connectivity index (χ4v) is 12.5. The van der Waals surface area contributed by atoms with Crippen molar-refractivity contribution < 1.29 is 9.82 Å². The summed E-state index contributed by atoms with van der Waals surface area (Å²) in [5.41, 5.74) is 10.3. The van der Waals surface area contributed by atoms with Crippen molar-refractivity contribution in [1.29, 1.82) is 0 Å². The van der Waals surface area contributed by atoms with Crippen molar-refractivity contribution in [2.45, 2.75) is 128 Å². The number of hydrogen-bond acceptors (Lipinski definition) is 8. The van der Waals surface area contributed by atoms with Gasteiger partial charge in [-0.15, -0.1) is 0 Å². The fraction of sp³-hybridized carbons (Fsp3) is 0.558. The Morgan fingerprint density at radius 3 is 1.85 bits per heavy atom. The Morgan fingerprint density at radius 2 is 1.29 bits per heavy atom. The van der Waals surface area contributed by atoms with Crippen LogP contribution >= 0.6 is 55.1 Å². The summed E-state index contributed by atoms with van der Waals surface area (Å²) in [5, 5.41) is 15.2. The molecule has 2 unspecified atom stereocenters. The SMILES string of the molecule is CCCC[C@H]1CN(C2c3ccc(Cl)cc3CCc3cc(Br)cnc32)CCN1.CCCC[C@H]1CN(C2c3ccc(Cl)cc3CCc3cc(Br)cnc32)CCN1C(=O)CC1CCN(B(C)O)CC1. The molecule has 9 nitrogen and oxygen atoms in total. The van der Waals surface area contributed by atoms with Gasteiger partial charge in [-0.3, -0.25) is 24.6 Å². The number of unbranched alkanes of at least 4 members (excludes halogenated alkanes) is 2. The number of amides is 1. The van der Waals surface area contributed by atoms with E-state index in [1.54, 1.807) is 0 Å². The van der Waals surface area contributed by atoms with Crippen LogP contribution < -0.4 is 5.32 Å². The lowest BCUT2D eigenvalue weighted by Gasteiger charge is -2.45. The molecule has 5 aliphatic rings. The number of rotatable bonds is 11. The van der Waals surface area contributed by atoms with Gasteiger partial charge in [0.2, 0.25) is 5.91 Å². The third kappa shape index (κ3) is 12.1. The standard InChI is InChI=1S/C30H41BBrClN4O2.C22H27BrClN3/c1-3-4-5-26-20-35(14-15-37(26)28(38)16-21-10-12-36(13-11-21)31(2)39)30-27-9-8-25(33)18-22(27)6-7-23-17-24(32)19-34-29(23)30;1-2-3-4-19-14-27(10-9-25-19)22-20-8-7-18(24)12-15(20)5-6-16-11-17(23)13-26-21(16)22/h8-9,17-19,21,26,30,39H,3-7,10-16,20H2,1-2H3;7-8,11-13,19,22,25H,2-6,9-10,14H2,1H3/t26-,30?;19-,22?/m00/s1. The molecular weight excluding hydrogens is 996 g/mol. The van der Waals surface area contributed by atoms with Crippen molar-refractivity contribution in [3.05, 3.63) is 125 Å². The maximum absolute atomic E-state index is 13.7. The van der Waals surface area contributed by atoms with E-state index in [-0.39, 0.29) is 18.1 Å². The zero-order chi connectivity index (χ0) is 46.3. The lowest BCUT2D eigenvalue weighted by Crippen LogP contribution is -2.56. The van der Waals surface area contributed by atoms with E-state index in [9.17, 15) is 9.82 Å². The van der Waals surface area contributed by atoms with Crippen LogP contribution in [0.3, 0.4) is 0 Å². The zero-order valence-corrected chi connectivity index (χ0v) is 43.8. The number of hydrogen-bond donors (Lipinski definition) is 2. The first-order valence-electron chi connectivity index (χ1n) is 24.8. The van der Waals surface area contributed by atoms with Crippen LogP contribution in [0.1, 0.15) is 128 Å². The van der Waals surface area contributed by atoms with Gasteiger partial charge in [-0.05, 0) is 179 Å². The van der Waals surface area contributed by atoms with Gasteiger partial charge in [0.15, 0.2) is 0 Å². The molecule has 66 heavy (non-hydrogen) atoms. The lowest BCUT2D eigenvalue weighted by molar-refractivity contribution is -0.138. The summed E-state index contributed by atoms with van der Waals surface area (Å²) in [5.74, 6) is 0.715. The number of aryl methyl sites for hydroxylation is 4. The van der Waals surface area contributed by atoms with Gasteiger partial charge < -0.3 is 20.1 Å². The first-order valence-corrected chi connectivity index (χ1v) is 27.1. The molecule has 0 radical (unpaired) electrons. The van der Waals surface area contributed by atoms with Crippen molar-refractivity contribution in [3.8, 4) is 0 Å². The number of nitrogens with one attached hydrogen (secondary N) is 1. The van der Waals surface area contributed by atoms with Gasteiger partial charge in [0, 0.05) is 89.2 Å². The zero-order valence-electron chi connectivity index (χ0n) is 39.1. The minimum atomic E-state index is -0.404. The smallest absolute Gasteiger partial charge is 0.376 e. The maximum atomic E-state index is 13.7. The molecule has 9 rings (SSSR count). The number of carbonyl (C=O) groups is 1. The van der Waals surface area contributed by atoms with Gasteiger partial charge in [-0.1, -0.05) is 74.9 Å². The fourth-order valence-electron chi connectivity index (χ4n) is 11.3. The van der Waals surface area contributed by atoms with Crippen molar-refractivity contribution in [1.82, 2.24) is 34.8 Å². The molecule has 4 aromatic rings. The molecule has 2 aliphatic carbocycles. The van der Waals surface area contributed by atoms with E-state index in [0.717, 1.165) is 135 Å². The number of halogens is 4. The molecule has 0 bridgehead atoms. The monoisotopic (exact) mass is 1060 g/mol. The van der Waals surface area contributed by atoms with E-state index in [0.29, 0.717) is 24.3 Å². The molecule has 0 saturated carbocycles. The van der Waals surface area contributed by atoms with Gasteiger partial charge >= 0.3 is 7.05 Å². The van der Waals surface area contributed by atoms with Crippen LogP contribution in [0, 0.1) is 5.92 Å². The first-order chi connectivity index (χ1) is 32.0. The topological polar surface area (TPSA) is 88.1 Å². The first kappa shape index (κ1) is 50.0. The van der Waals surface area contributed by atoms with Gasteiger partial charge in [0.25, 0.3) is 0 Å². The molecule has 2 aromatic heterocycles. The van der Waals surface area contributed by atoms with Gasteiger partial charge in [0.05, 0.1) is 23.5 Å². The second-order valence-corrected chi connectivity index (χ2v) is 22.1. The van der Waals surface area contributed by atoms with E-state index in [2.05, 4.69) is 107 Å². The molecule has 0 spiro atoms. The van der Waals surface area contributed by atoms with E-state index in [4.69, 9.17) is 33.2 Å². The Morgan fingerprint density at radius 1 is 0.742 bits per heavy atom. The minimum absolute atomic E-state index is 0.0639. The van der Waals surface area contributed by atoms with E-state index in [1.165, 1.54) is 58.3 Å². The number of aromatic nitrogens is 2. The third-order valence-electron chi connectivity index (χ3n) is 14.9. The highest BCUT2D eigenvalue weighted by Crippen LogP contribution is 2.41. The van der Waals surface area contributed by atoms with Crippen LogP contribution in [-0.2, 0) is 30.5 Å². The number of benzene rings is 2. The van der Waals surface area contributed by atoms with Crippen LogP contribution in [0.25, 0.3) is 0 Å². The number of fused-ring (bicyclic) bond motifs is 4. The Kier molecular flexibility index (Phi) is 17.8. The third-order valence-corrected chi connectivity index (χ3v) is 16.2. The lowest BCUT2D eigenvalue weighted by atomic mass is 9.80. The van der Waals surface area contributed by atoms with E-state index >= 15 is 0 Å². The highest BCUT2D eigenvalue weighted by molar-refractivity contribution is 9.10. The highest BCUT2D eigenvalue weighted by Gasteiger charge is 2.39. The van der Waals surface area contributed by atoms with Gasteiger partial charge in [-0.25, -0.2) is 0 Å². The van der Waals surface area contributed by atoms with Crippen molar-refractivity contribution in [3.63, 3.8) is 0 Å². The predicted molar refractivity (Wildman–Crippen MR) is 278 cm³/mol. The summed E-state index contributed by atoms with van der Waals surface area (Å²) in [7, 11) is -0.404. The van der Waals surface area contributed by atoms with Crippen LogP contribution in [0.2, 0.25) is 16.9 Å². The van der Waals surface area contributed by atoms with Crippen LogP contribution in [0.15, 0.2) is 69.9 Å². The van der Waals surface area contributed by atoms with Gasteiger partial charge in [0.1, 0.15) is 0 Å². The molecule has 354 valence electrons. The van der Waals surface area contributed by atoms with E-state index in [1.807, 2.05) is 31.3 Å². The number of pyridine rings is 2. The van der Waals surface area contributed by atoms with Crippen molar-refractivity contribution in [2.24, 2.45) is 5.92 Å². The second kappa shape index (κ2) is 23.5. The Labute approximate surface area is 421 Å². The average molecular weight is 1060 g/mol. The molecule has 3 aliphatic heterocycles. The highest BCUT2D eigenvalue weighted by atomic mass is 79.9. The average Bonchev–Trinajstić information content (AvgIpc) is 3.57. The number of piperidine rings is 1. The molecule has 2 N–H and O–H groups in total. The van der Waals surface area contributed by atoms with Crippen LogP contribution in [0.5, 0.6) is 0 Å². The predicted octanol–water partition coefficient (Wildman–Crippen LogP) is 10.8. The summed E-state index contributed by atoms with van der Waals surface area (Å²) in [4.78, 5) is 33.1. The minimum Gasteiger partial charge on any atom is -0.437 e. The molecule has 3 fully saturated rings. The van der Waals surface area contributed by atoms with Crippen molar-refractivity contribution in [2.75, 3.05) is 52.4 Å². The molecular formula is C52H68BBr2Cl2N7O2. The summed E-state index contributed by atoms with van der Waals surface area (Å²) >= 11 is 20.0. The quantitative estimate of drug-likeness (QED) is 0.144. The number of carbonyl (C=O) groups excluding carboxylic acids is 1. The molecule has 4 atom stereocenters. The second-order valence-electron chi connectivity index (χ2n) is 19.4. The summed E-state index contributed by atoms with van der Waals surface area (Å²) < 4.78 is 2.07. The molecule has 5 heterocycles. The molecule has 2 aromatic carbocycles. The van der Waals surface area contributed by atoms with Gasteiger partial charge in [-0.2, -0.15) is 0 Å². The van der Waals surface area contributed by atoms with E-state index < -0.39 is 7.05 Å². The number of nitrogens with zero attached hydrogens (tertiary/aromatic N) is 6.